The zero-order valence-corrected chi connectivity index (χ0v) is 8.13. The van der Waals surface area contributed by atoms with Gasteiger partial charge in [-0.15, -0.1) is 0 Å². The quantitative estimate of drug-likeness (QED) is 0.348. The molecule has 0 aliphatic rings. The second-order valence-corrected chi connectivity index (χ2v) is 3.29. The molecule has 0 bridgehead atoms. The number of rotatable bonds is 5. The average Bonchev–Trinajstić information content (AvgIpc) is 2.02. The summed E-state index contributed by atoms with van der Waals surface area (Å²) in [5.74, 6) is 5.43. The van der Waals surface area contributed by atoms with Crippen LogP contribution in [0.2, 0.25) is 0 Å². The monoisotopic (exact) mass is 173 g/mol. The van der Waals surface area contributed by atoms with Crippen molar-refractivity contribution in [2.75, 3.05) is 19.6 Å². The lowest BCUT2D eigenvalue weighted by atomic mass is 10.2. The fraction of sp³-hybridized carbons (Fsp3) is 0.875. The van der Waals surface area contributed by atoms with Crippen LogP contribution in [0.3, 0.4) is 0 Å². The van der Waals surface area contributed by atoms with Gasteiger partial charge in [-0.25, -0.2) is 5.84 Å². The summed E-state index contributed by atoms with van der Waals surface area (Å²) in [6, 6.07) is 0. The Kier molecular flexibility index (Phi) is 5.66. The molecule has 0 rings (SSSR count). The van der Waals surface area contributed by atoms with Crippen LogP contribution in [-0.4, -0.2) is 30.4 Å². The zero-order valence-electron chi connectivity index (χ0n) is 8.13. The van der Waals surface area contributed by atoms with Crippen molar-refractivity contribution in [1.82, 2.24) is 10.3 Å². The topological polar surface area (TPSA) is 58.4 Å². The molecule has 0 saturated carbocycles. The number of nitrogens with one attached hydrogen (secondary N) is 1. The molecule has 4 heteroatoms. The Bertz CT molecular complexity index is 136. The Hall–Kier alpha value is -0.610. The van der Waals surface area contributed by atoms with Gasteiger partial charge < -0.3 is 0 Å². The summed E-state index contributed by atoms with van der Waals surface area (Å²) in [5, 5.41) is 0. The van der Waals surface area contributed by atoms with Gasteiger partial charge in [-0.2, -0.15) is 0 Å². The molecular formula is C8H19N3O. The van der Waals surface area contributed by atoms with E-state index in [2.05, 4.69) is 24.2 Å². The second kappa shape index (κ2) is 5.97. The normalized spacial score (nSPS) is 10.8. The maximum absolute atomic E-state index is 10.9. The lowest BCUT2D eigenvalue weighted by Crippen LogP contribution is -2.41. The van der Waals surface area contributed by atoms with E-state index in [1.54, 1.807) is 0 Å². The number of hydrogen-bond acceptors (Lipinski definition) is 3. The summed E-state index contributed by atoms with van der Waals surface area (Å²) in [6.45, 7) is 8.50. The lowest BCUT2D eigenvalue weighted by Gasteiger charge is -2.20. The Morgan fingerprint density at radius 2 is 2.17 bits per heavy atom. The van der Waals surface area contributed by atoms with E-state index < -0.39 is 0 Å². The summed E-state index contributed by atoms with van der Waals surface area (Å²) < 4.78 is 0. The zero-order chi connectivity index (χ0) is 9.56. The molecular weight excluding hydrogens is 154 g/mol. The fourth-order valence-corrected chi connectivity index (χ4v) is 1.07. The van der Waals surface area contributed by atoms with Crippen molar-refractivity contribution in [2.45, 2.75) is 20.8 Å². The van der Waals surface area contributed by atoms with Gasteiger partial charge in [0.15, 0.2) is 0 Å². The molecule has 1 amide bonds. The molecule has 0 aromatic carbocycles. The minimum absolute atomic E-state index is 0.127. The van der Waals surface area contributed by atoms with E-state index >= 15 is 0 Å². The van der Waals surface area contributed by atoms with Crippen LogP contribution in [0, 0.1) is 5.92 Å². The van der Waals surface area contributed by atoms with Gasteiger partial charge in [-0.05, 0) is 12.5 Å². The number of nitrogens with zero attached hydrogens (tertiary/aromatic N) is 1. The third kappa shape index (κ3) is 5.09. The highest BCUT2D eigenvalue weighted by Gasteiger charge is 2.08. The minimum Gasteiger partial charge on any atom is -0.294 e. The number of carbonyl (C=O) groups excluding carboxylic acids is 1. The van der Waals surface area contributed by atoms with E-state index in [1.807, 2.05) is 6.92 Å². The maximum atomic E-state index is 10.9. The van der Waals surface area contributed by atoms with Crippen LogP contribution in [0.5, 0.6) is 0 Å². The number of nitrogens with two attached hydrogens (primary N) is 1. The summed E-state index contributed by atoms with van der Waals surface area (Å²) >= 11 is 0. The predicted octanol–water partition coefficient (Wildman–Crippen LogP) is -0.0458. The van der Waals surface area contributed by atoms with Crippen molar-refractivity contribution < 1.29 is 4.79 Å². The van der Waals surface area contributed by atoms with Crippen LogP contribution in [0.15, 0.2) is 0 Å². The van der Waals surface area contributed by atoms with Crippen molar-refractivity contribution >= 4 is 5.91 Å². The molecule has 0 aliphatic heterocycles. The van der Waals surface area contributed by atoms with Gasteiger partial charge in [-0.1, -0.05) is 20.8 Å². The van der Waals surface area contributed by atoms with Crippen molar-refractivity contribution in [3.05, 3.63) is 0 Å². The lowest BCUT2D eigenvalue weighted by molar-refractivity contribution is -0.122. The van der Waals surface area contributed by atoms with Crippen LogP contribution in [0.1, 0.15) is 20.8 Å². The highest BCUT2D eigenvalue weighted by molar-refractivity contribution is 5.77. The van der Waals surface area contributed by atoms with E-state index in [0.717, 1.165) is 13.1 Å². The third-order valence-electron chi connectivity index (χ3n) is 1.60. The molecule has 0 radical (unpaired) electrons. The molecule has 4 nitrogen and oxygen atoms in total. The fourth-order valence-electron chi connectivity index (χ4n) is 1.07. The first-order valence-corrected chi connectivity index (χ1v) is 4.32. The van der Waals surface area contributed by atoms with Crippen LogP contribution < -0.4 is 11.3 Å². The van der Waals surface area contributed by atoms with Crippen molar-refractivity contribution in [2.24, 2.45) is 11.8 Å². The van der Waals surface area contributed by atoms with E-state index in [0.29, 0.717) is 12.5 Å². The smallest absolute Gasteiger partial charge is 0.248 e. The molecule has 0 aliphatic carbocycles. The standard InChI is InChI=1S/C8H19N3O/c1-4-11(5-7(2)3)6-8(12)10-9/h7H,4-6,9H2,1-3H3,(H,10,12). The van der Waals surface area contributed by atoms with Gasteiger partial charge in [0.25, 0.3) is 0 Å². The molecule has 0 saturated heterocycles. The number of likely N-dealkylation sites (N-methyl/N-ethyl adjacent to an activating group) is 1. The Morgan fingerprint density at radius 1 is 1.58 bits per heavy atom. The van der Waals surface area contributed by atoms with E-state index in [1.165, 1.54) is 0 Å². The molecule has 3 N–H and O–H groups in total. The van der Waals surface area contributed by atoms with Crippen molar-refractivity contribution in [1.29, 1.82) is 0 Å². The van der Waals surface area contributed by atoms with E-state index in [4.69, 9.17) is 5.84 Å². The highest BCUT2D eigenvalue weighted by Crippen LogP contribution is 1.97. The molecule has 12 heavy (non-hydrogen) atoms. The maximum Gasteiger partial charge on any atom is 0.248 e. The van der Waals surface area contributed by atoms with Crippen LogP contribution in [0.4, 0.5) is 0 Å². The first-order chi connectivity index (χ1) is 5.60. The minimum atomic E-state index is -0.127. The second-order valence-electron chi connectivity index (χ2n) is 3.29. The van der Waals surface area contributed by atoms with Crippen LogP contribution >= 0.6 is 0 Å². The number of hydrazine groups is 1. The number of amides is 1. The molecule has 0 unspecified atom stereocenters. The van der Waals surface area contributed by atoms with E-state index in [9.17, 15) is 4.79 Å². The molecule has 0 heterocycles. The molecule has 0 aromatic rings. The van der Waals surface area contributed by atoms with Gasteiger partial charge in [-0.3, -0.25) is 15.1 Å². The van der Waals surface area contributed by atoms with Gasteiger partial charge in [0.2, 0.25) is 5.91 Å². The summed E-state index contributed by atoms with van der Waals surface area (Å²) in [7, 11) is 0. The SMILES string of the molecule is CCN(CC(=O)NN)CC(C)C. The Morgan fingerprint density at radius 3 is 2.50 bits per heavy atom. The number of hydrogen-bond donors (Lipinski definition) is 2. The van der Waals surface area contributed by atoms with Gasteiger partial charge >= 0.3 is 0 Å². The third-order valence-corrected chi connectivity index (χ3v) is 1.60. The van der Waals surface area contributed by atoms with Crippen LogP contribution in [0.25, 0.3) is 0 Å². The Labute approximate surface area is 74.1 Å². The summed E-state index contributed by atoms with van der Waals surface area (Å²) in [4.78, 5) is 12.9. The van der Waals surface area contributed by atoms with E-state index in [-0.39, 0.29) is 5.91 Å². The predicted molar refractivity (Wildman–Crippen MR) is 49.3 cm³/mol. The Balaban J connectivity index is 3.74. The van der Waals surface area contributed by atoms with Gasteiger partial charge in [0.1, 0.15) is 0 Å². The van der Waals surface area contributed by atoms with Gasteiger partial charge in [0.05, 0.1) is 6.54 Å². The summed E-state index contributed by atoms with van der Waals surface area (Å²) in [5.41, 5.74) is 2.12. The first-order valence-electron chi connectivity index (χ1n) is 4.32. The average molecular weight is 173 g/mol. The largest absolute Gasteiger partial charge is 0.294 e. The molecule has 72 valence electrons. The molecule has 0 spiro atoms. The molecule has 0 fully saturated rings. The van der Waals surface area contributed by atoms with Crippen molar-refractivity contribution in [3.63, 3.8) is 0 Å². The van der Waals surface area contributed by atoms with Crippen LogP contribution in [-0.2, 0) is 4.79 Å². The molecule has 0 aromatic heterocycles. The van der Waals surface area contributed by atoms with Gasteiger partial charge in [0, 0.05) is 6.54 Å². The summed E-state index contributed by atoms with van der Waals surface area (Å²) in [6.07, 6.45) is 0. The molecule has 0 atom stereocenters. The first kappa shape index (κ1) is 11.4. The van der Waals surface area contributed by atoms with Crippen molar-refractivity contribution in [3.8, 4) is 0 Å². The highest BCUT2D eigenvalue weighted by atomic mass is 16.2. The number of carbonyl (C=O) groups is 1.